The lowest BCUT2D eigenvalue weighted by molar-refractivity contribution is 0.0934. The van der Waals surface area contributed by atoms with E-state index < -0.39 is 0 Å². The third kappa shape index (κ3) is 4.26. The molecule has 0 aliphatic heterocycles. The maximum absolute atomic E-state index is 12.3. The van der Waals surface area contributed by atoms with E-state index in [4.69, 9.17) is 0 Å². The molecule has 21 heavy (non-hydrogen) atoms. The SMILES string of the molecule is CCC[C@H](NC(=O)c1cnc(NCC)nc1)c1cccs1. The molecule has 0 aromatic carbocycles. The molecule has 2 aromatic rings. The molecule has 0 bridgehead atoms. The van der Waals surface area contributed by atoms with Gasteiger partial charge in [-0.25, -0.2) is 9.97 Å². The van der Waals surface area contributed by atoms with Gasteiger partial charge < -0.3 is 10.6 Å². The summed E-state index contributed by atoms with van der Waals surface area (Å²) in [7, 11) is 0. The Labute approximate surface area is 128 Å². The van der Waals surface area contributed by atoms with Crippen LogP contribution in [0.5, 0.6) is 0 Å². The van der Waals surface area contributed by atoms with E-state index in [9.17, 15) is 4.79 Å². The maximum atomic E-state index is 12.3. The third-order valence-corrected chi connectivity index (χ3v) is 4.00. The van der Waals surface area contributed by atoms with Crippen molar-refractivity contribution in [2.75, 3.05) is 11.9 Å². The van der Waals surface area contributed by atoms with E-state index in [-0.39, 0.29) is 11.9 Å². The molecule has 2 rings (SSSR count). The van der Waals surface area contributed by atoms with E-state index in [1.54, 1.807) is 23.7 Å². The molecular formula is C15H20N4OS. The van der Waals surface area contributed by atoms with Crippen molar-refractivity contribution in [2.45, 2.75) is 32.7 Å². The molecule has 0 aliphatic carbocycles. The summed E-state index contributed by atoms with van der Waals surface area (Å²) in [6.07, 6.45) is 5.04. The van der Waals surface area contributed by atoms with Gasteiger partial charge in [0, 0.05) is 23.8 Å². The molecule has 0 saturated carbocycles. The summed E-state index contributed by atoms with van der Waals surface area (Å²) in [6.45, 7) is 4.84. The molecule has 1 atom stereocenters. The van der Waals surface area contributed by atoms with Gasteiger partial charge in [0.2, 0.25) is 5.95 Å². The molecule has 0 aliphatic rings. The average Bonchev–Trinajstić information content (AvgIpc) is 3.02. The van der Waals surface area contributed by atoms with Crippen LogP contribution in [0.3, 0.4) is 0 Å². The van der Waals surface area contributed by atoms with Gasteiger partial charge >= 0.3 is 0 Å². The van der Waals surface area contributed by atoms with E-state index in [1.807, 2.05) is 18.4 Å². The molecule has 112 valence electrons. The van der Waals surface area contributed by atoms with Gasteiger partial charge in [-0.3, -0.25) is 4.79 Å². The van der Waals surface area contributed by atoms with Crippen molar-refractivity contribution < 1.29 is 4.79 Å². The highest BCUT2D eigenvalue weighted by Crippen LogP contribution is 2.23. The first-order chi connectivity index (χ1) is 10.2. The summed E-state index contributed by atoms with van der Waals surface area (Å²) < 4.78 is 0. The number of carbonyl (C=O) groups excluding carboxylic acids is 1. The van der Waals surface area contributed by atoms with Gasteiger partial charge in [0.05, 0.1) is 11.6 Å². The quantitative estimate of drug-likeness (QED) is 0.824. The minimum Gasteiger partial charge on any atom is -0.355 e. The molecule has 2 aromatic heterocycles. The summed E-state index contributed by atoms with van der Waals surface area (Å²) in [4.78, 5) is 21.7. The van der Waals surface area contributed by atoms with Crippen LogP contribution in [0.2, 0.25) is 0 Å². The van der Waals surface area contributed by atoms with Gasteiger partial charge in [0.1, 0.15) is 0 Å². The molecule has 2 N–H and O–H groups in total. The summed E-state index contributed by atoms with van der Waals surface area (Å²) in [6, 6.07) is 4.11. The Morgan fingerprint density at radius 2 is 2.10 bits per heavy atom. The normalized spacial score (nSPS) is 11.9. The third-order valence-electron chi connectivity index (χ3n) is 3.02. The average molecular weight is 304 g/mol. The van der Waals surface area contributed by atoms with Crippen molar-refractivity contribution in [3.05, 3.63) is 40.3 Å². The monoisotopic (exact) mass is 304 g/mol. The zero-order valence-electron chi connectivity index (χ0n) is 12.3. The van der Waals surface area contributed by atoms with Crippen LogP contribution in [0.4, 0.5) is 5.95 Å². The van der Waals surface area contributed by atoms with E-state index in [0.717, 1.165) is 19.4 Å². The smallest absolute Gasteiger partial charge is 0.254 e. The number of rotatable bonds is 7. The van der Waals surface area contributed by atoms with Crippen molar-refractivity contribution in [2.24, 2.45) is 0 Å². The Hall–Kier alpha value is -1.95. The molecule has 0 radical (unpaired) electrons. The molecule has 0 saturated heterocycles. The van der Waals surface area contributed by atoms with Crippen LogP contribution in [0, 0.1) is 0 Å². The molecule has 0 spiro atoms. The Bertz CT molecular complexity index is 554. The first-order valence-corrected chi connectivity index (χ1v) is 8.02. The van der Waals surface area contributed by atoms with Crippen LogP contribution in [-0.2, 0) is 0 Å². The first-order valence-electron chi connectivity index (χ1n) is 7.14. The summed E-state index contributed by atoms with van der Waals surface area (Å²) in [5, 5.41) is 8.09. The van der Waals surface area contributed by atoms with Crippen molar-refractivity contribution >= 4 is 23.2 Å². The lowest BCUT2D eigenvalue weighted by Crippen LogP contribution is -2.28. The predicted molar refractivity (Wildman–Crippen MR) is 85.6 cm³/mol. The van der Waals surface area contributed by atoms with Crippen LogP contribution < -0.4 is 10.6 Å². The fourth-order valence-electron chi connectivity index (χ4n) is 2.00. The summed E-state index contributed by atoms with van der Waals surface area (Å²) in [5.74, 6) is 0.405. The number of nitrogens with zero attached hydrogens (tertiary/aromatic N) is 2. The number of amides is 1. The van der Waals surface area contributed by atoms with Gasteiger partial charge in [-0.15, -0.1) is 11.3 Å². The van der Waals surface area contributed by atoms with Crippen LogP contribution in [-0.4, -0.2) is 22.4 Å². The van der Waals surface area contributed by atoms with E-state index in [2.05, 4.69) is 33.6 Å². The van der Waals surface area contributed by atoms with Gasteiger partial charge in [-0.05, 0) is 24.8 Å². The van der Waals surface area contributed by atoms with Crippen molar-refractivity contribution in [3.63, 3.8) is 0 Å². The van der Waals surface area contributed by atoms with Gasteiger partial charge in [0.25, 0.3) is 5.91 Å². The van der Waals surface area contributed by atoms with Crippen LogP contribution in [0.25, 0.3) is 0 Å². The molecule has 0 unspecified atom stereocenters. The van der Waals surface area contributed by atoms with Crippen molar-refractivity contribution in [1.29, 1.82) is 0 Å². The Balaban J connectivity index is 2.04. The highest BCUT2D eigenvalue weighted by atomic mass is 32.1. The van der Waals surface area contributed by atoms with Crippen LogP contribution >= 0.6 is 11.3 Å². The second-order valence-electron chi connectivity index (χ2n) is 4.66. The Morgan fingerprint density at radius 3 is 2.67 bits per heavy atom. The van der Waals surface area contributed by atoms with Crippen LogP contribution in [0.15, 0.2) is 29.9 Å². The molecule has 2 heterocycles. The second-order valence-corrected chi connectivity index (χ2v) is 5.64. The minimum absolute atomic E-state index is 0.0518. The number of nitrogens with one attached hydrogen (secondary N) is 2. The van der Waals surface area contributed by atoms with E-state index in [0.29, 0.717) is 11.5 Å². The van der Waals surface area contributed by atoms with Crippen LogP contribution in [0.1, 0.15) is 48.0 Å². The Morgan fingerprint density at radius 1 is 1.33 bits per heavy atom. The zero-order valence-corrected chi connectivity index (χ0v) is 13.1. The topological polar surface area (TPSA) is 66.9 Å². The molecule has 1 amide bonds. The Kier molecular flexibility index (Phi) is 5.68. The van der Waals surface area contributed by atoms with Gasteiger partial charge in [-0.1, -0.05) is 19.4 Å². The van der Waals surface area contributed by atoms with E-state index in [1.165, 1.54) is 4.88 Å². The number of carbonyl (C=O) groups is 1. The maximum Gasteiger partial charge on any atom is 0.254 e. The highest BCUT2D eigenvalue weighted by Gasteiger charge is 2.16. The lowest BCUT2D eigenvalue weighted by Gasteiger charge is -2.16. The molecule has 5 nitrogen and oxygen atoms in total. The van der Waals surface area contributed by atoms with Gasteiger partial charge in [0.15, 0.2) is 0 Å². The fourth-order valence-corrected chi connectivity index (χ4v) is 2.81. The molecular weight excluding hydrogens is 284 g/mol. The fraction of sp³-hybridized carbons (Fsp3) is 0.400. The number of aromatic nitrogens is 2. The number of hydrogen-bond donors (Lipinski definition) is 2. The number of thiophene rings is 1. The summed E-state index contributed by atoms with van der Waals surface area (Å²) in [5.41, 5.74) is 0.481. The van der Waals surface area contributed by atoms with E-state index >= 15 is 0 Å². The zero-order chi connectivity index (χ0) is 15.1. The van der Waals surface area contributed by atoms with Crippen molar-refractivity contribution in [3.8, 4) is 0 Å². The number of anilines is 1. The second kappa shape index (κ2) is 7.73. The standard InChI is InChI=1S/C15H20N4OS/c1-3-6-12(13-7-5-8-21-13)19-14(20)11-9-17-15(16-4-2)18-10-11/h5,7-10,12H,3-4,6H2,1-2H3,(H,19,20)(H,16,17,18)/t12-/m0/s1. The highest BCUT2D eigenvalue weighted by molar-refractivity contribution is 7.10. The predicted octanol–water partition coefficient (Wildman–Crippen LogP) is 3.24. The number of hydrogen-bond acceptors (Lipinski definition) is 5. The summed E-state index contributed by atoms with van der Waals surface area (Å²) >= 11 is 1.66. The molecule has 6 heteroatoms. The molecule has 0 fully saturated rings. The lowest BCUT2D eigenvalue weighted by atomic mass is 10.1. The first kappa shape index (κ1) is 15.4. The largest absolute Gasteiger partial charge is 0.355 e. The van der Waals surface area contributed by atoms with Gasteiger partial charge in [-0.2, -0.15) is 0 Å². The minimum atomic E-state index is -0.134. The van der Waals surface area contributed by atoms with Crippen molar-refractivity contribution in [1.82, 2.24) is 15.3 Å².